The van der Waals surface area contributed by atoms with Gasteiger partial charge in [-0.05, 0) is 73.4 Å². The van der Waals surface area contributed by atoms with Gasteiger partial charge in [-0.1, -0.05) is 49.7 Å². The summed E-state index contributed by atoms with van der Waals surface area (Å²) >= 11 is 6.02. The lowest BCUT2D eigenvalue weighted by Gasteiger charge is -2.24. The van der Waals surface area contributed by atoms with Crippen molar-refractivity contribution in [2.45, 2.75) is 64.5 Å². The van der Waals surface area contributed by atoms with Crippen LogP contribution in [0.5, 0.6) is 5.75 Å². The molecule has 0 bridgehead atoms. The Balaban J connectivity index is 1.69. The number of nitrogens with one attached hydrogen (secondary N) is 1. The molecule has 0 unspecified atom stereocenters. The molecule has 1 N–H and O–H groups in total. The van der Waals surface area contributed by atoms with Gasteiger partial charge in [0.05, 0.1) is 6.04 Å². The SMILES string of the molecule is CC[C@H](Oc1cccc(Cl)c1)C(=O)N[C@@H](CC)c1ccc2c(c1)CCCC2. The summed E-state index contributed by atoms with van der Waals surface area (Å²) in [5, 5.41) is 3.78. The summed E-state index contributed by atoms with van der Waals surface area (Å²) in [5.74, 6) is 0.536. The van der Waals surface area contributed by atoms with Gasteiger partial charge in [-0.2, -0.15) is 0 Å². The van der Waals surface area contributed by atoms with Crippen LogP contribution in [0.3, 0.4) is 0 Å². The highest BCUT2D eigenvalue weighted by Crippen LogP contribution is 2.26. The fraction of sp³-hybridized carbons (Fsp3) is 0.435. The molecule has 4 heteroatoms. The highest BCUT2D eigenvalue weighted by molar-refractivity contribution is 6.30. The molecule has 0 aliphatic heterocycles. The van der Waals surface area contributed by atoms with Crippen LogP contribution in [-0.2, 0) is 17.6 Å². The number of carbonyl (C=O) groups is 1. The molecular formula is C23H28ClNO2. The molecule has 2 aromatic carbocycles. The van der Waals surface area contributed by atoms with Crippen LogP contribution in [-0.4, -0.2) is 12.0 Å². The maximum Gasteiger partial charge on any atom is 0.261 e. The Morgan fingerprint density at radius 2 is 1.85 bits per heavy atom. The van der Waals surface area contributed by atoms with Crippen molar-refractivity contribution >= 4 is 17.5 Å². The zero-order valence-electron chi connectivity index (χ0n) is 16.1. The molecule has 3 rings (SSSR count). The fourth-order valence-electron chi connectivity index (χ4n) is 3.68. The topological polar surface area (TPSA) is 38.3 Å². The Morgan fingerprint density at radius 1 is 1.07 bits per heavy atom. The highest BCUT2D eigenvalue weighted by atomic mass is 35.5. The van der Waals surface area contributed by atoms with Crippen molar-refractivity contribution < 1.29 is 9.53 Å². The zero-order valence-corrected chi connectivity index (χ0v) is 16.9. The van der Waals surface area contributed by atoms with E-state index in [2.05, 4.69) is 30.4 Å². The molecular weight excluding hydrogens is 358 g/mol. The lowest BCUT2D eigenvalue weighted by atomic mass is 9.88. The summed E-state index contributed by atoms with van der Waals surface area (Å²) in [6, 6.07) is 13.9. The largest absolute Gasteiger partial charge is 0.481 e. The molecule has 3 nitrogen and oxygen atoms in total. The highest BCUT2D eigenvalue weighted by Gasteiger charge is 2.22. The molecule has 1 aliphatic carbocycles. The maximum absolute atomic E-state index is 12.8. The second-order valence-electron chi connectivity index (χ2n) is 7.18. The number of aryl methyl sites for hydroxylation is 2. The van der Waals surface area contributed by atoms with Crippen molar-refractivity contribution in [2.75, 3.05) is 0 Å². The van der Waals surface area contributed by atoms with Crippen LogP contribution in [0, 0.1) is 0 Å². The van der Waals surface area contributed by atoms with Gasteiger partial charge in [0.25, 0.3) is 5.91 Å². The number of ether oxygens (including phenoxy) is 1. The van der Waals surface area contributed by atoms with E-state index < -0.39 is 6.10 Å². The smallest absolute Gasteiger partial charge is 0.261 e. The third kappa shape index (κ3) is 5.04. The first-order chi connectivity index (χ1) is 13.1. The minimum Gasteiger partial charge on any atom is -0.481 e. The zero-order chi connectivity index (χ0) is 19.2. The summed E-state index contributed by atoms with van der Waals surface area (Å²) in [4.78, 5) is 12.8. The molecule has 0 saturated carbocycles. The first-order valence-corrected chi connectivity index (χ1v) is 10.3. The number of rotatable bonds is 7. The normalized spacial score (nSPS) is 15.5. The van der Waals surface area contributed by atoms with Crippen LogP contribution in [0.25, 0.3) is 0 Å². The van der Waals surface area contributed by atoms with Gasteiger partial charge >= 0.3 is 0 Å². The number of carbonyl (C=O) groups excluding carboxylic acids is 1. The molecule has 0 aromatic heterocycles. The number of benzene rings is 2. The van der Waals surface area contributed by atoms with Gasteiger partial charge in [-0.15, -0.1) is 0 Å². The number of hydrogen-bond donors (Lipinski definition) is 1. The predicted octanol–water partition coefficient (Wildman–Crippen LogP) is 5.64. The quantitative estimate of drug-likeness (QED) is 0.669. The van der Waals surface area contributed by atoms with Gasteiger partial charge in [0.15, 0.2) is 6.10 Å². The number of halogens is 1. The standard InChI is InChI=1S/C23H28ClNO2/c1-3-21(18-13-12-16-8-5-6-9-17(16)14-18)25-23(26)22(4-2)27-20-11-7-10-19(24)15-20/h7,10-15,21-22H,3-6,8-9H2,1-2H3,(H,25,26)/t21-,22-/m0/s1. The van der Waals surface area contributed by atoms with E-state index in [1.165, 1.54) is 36.0 Å². The van der Waals surface area contributed by atoms with Crippen LogP contribution >= 0.6 is 11.6 Å². The Hall–Kier alpha value is -2.00. The summed E-state index contributed by atoms with van der Waals surface area (Å²) in [6.45, 7) is 4.05. The van der Waals surface area contributed by atoms with Gasteiger partial charge in [-0.25, -0.2) is 0 Å². The van der Waals surface area contributed by atoms with Gasteiger partial charge in [0.1, 0.15) is 5.75 Å². The van der Waals surface area contributed by atoms with Crippen LogP contribution < -0.4 is 10.1 Å². The van der Waals surface area contributed by atoms with Gasteiger partial charge in [0, 0.05) is 5.02 Å². The first-order valence-electron chi connectivity index (χ1n) is 9.95. The second-order valence-corrected chi connectivity index (χ2v) is 7.61. The van der Waals surface area contributed by atoms with Crippen molar-refractivity contribution in [2.24, 2.45) is 0 Å². The third-order valence-electron chi connectivity index (χ3n) is 5.24. The summed E-state index contributed by atoms with van der Waals surface area (Å²) in [5.41, 5.74) is 4.08. The molecule has 0 spiro atoms. The molecule has 0 heterocycles. The van der Waals surface area contributed by atoms with E-state index in [0.717, 1.165) is 12.8 Å². The monoisotopic (exact) mass is 385 g/mol. The minimum absolute atomic E-state index is 0.00161. The van der Waals surface area contributed by atoms with Crippen molar-refractivity contribution in [3.8, 4) is 5.75 Å². The summed E-state index contributed by atoms with van der Waals surface area (Å²) in [6.07, 6.45) is 5.75. The Bertz CT molecular complexity index is 790. The summed E-state index contributed by atoms with van der Waals surface area (Å²) in [7, 11) is 0. The van der Waals surface area contributed by atoms with Crippen LogP contribution in [0.4, 0.5) is 0 Å². The van der Waals surface area contributed by atoms with E-state index in [1.807, 2.05) is 19.1 Å². The van der Waals surface area contributed by atoms with Crippen molar-refractivity contribution in [3.05, 3.63) is 64.2 Å². The molecule has 2 atom stereocenters. The number of amides is 1. The molecule has 1 aliphatic rings. The predicted molar refractivity (Wildman–Crippen MR) is 110 cm³/mol. The third-order valence-corrected chi connectivity index (χ3v) is 5.47. The fourth-order valence-corrected chi connectivity index (χ4v) is 3.86. The average molecular weight is 386 g/mol. The van der Waals surface area contributed by atoms with Crippen molar-refractivity contribution in [3.63, 3.8) is 0 Å². The lowest BCUT2D eigenvalue weighted by molar-refractivity contribution is -0.128. The Kier molecular flexibility index (Phi) is 6.78. The van der Waals surface area contributed by atoms with Gasteiger partial charge in [0.2, 0.25) is 0 Å². The molecule has 1 amide bonds. The first kappa shape index (κ1) is 19.8. The van der Waals surface area contributed by atoms with E-state index in [9.17, 15) is 4.79 Å². The summed E-state index contributed by atoms with van der Waals surface area (Å²) < 4.78 is 5.88. The molecule has 0 fully saturated rings. The van der Waals surface area contributed by atoms with Crippen LogP contribution in [0.15, 0.2) is 42.5 Å². The molecule has 2 aromatic rings. The second kappa shape index (κ2) is 9.27. The number of fused-ring (bicyclic) bond motifs is 1. The molecule has 144 valence electrons. The Labute approximate surface area is 167 Å². The van der Waals surface area contributed by atoms with Crippen LogP contribution in [0.1, 0.15) is 62.3 Å². The van der Waals surface area contributed by atoms with E-state index in [0.29, 0.717) is 17.2 Å². The van der Waals surface area contributed by atoms with E-state index in [1.54, 1.807) is 12.1 Å². The van der Waals surface area contributed by atoms with Gasteiger partial charge in [-0.3, -0.25) is 4.79 Å². The van der Waals surface area contributed by atoms with E-state index in [-0.39, 0.29) is 11.9 Å². The number of hydrogen-bond acceptors (Lipinski definition) is 2. The Morgan fingerprint density at radius 3 is 2.56 bits per heavy atom. The maximum atomic E-state index is 12.8. The van der Waals surface area contributed by atoms with Crippen molar-refractivity contribution in [1.82, 2.24) is 5.32 Å². The molecule has 0 radical (unpaired) electrons. The molecule has 27 heavy (non-hydrogen) atoms. The van der Waals surface area contributed by atoms with E-state index in [4.69, 9.17) is 16.3 Å². The average Bonchev–Trinajstić information content (AvgIpc) is 2.69. The minimum atomic E-state index is -0.532. The lowest BCUT2D eigenvalue weighted by Crippen LogP contribution is -2.40. The van der Waals surface area contributed by atoms with Crippen molar-refractivity contribution in [1.29, 1.82) is 0 Å². The van der Waals surface area contributed by atoms with E-state index >= 15 is 0 Å². The van der Waals surface area contributed by atoms with Crippen LogP contribution in [0.2, 0.25) is 5.02 Å². The van der Waals surface area contributed by atoms with Gasteiger partial charge < -0.3 is 10.1 Å². The molecule has 0 saturated heterocycles.